The Morgan fingerprint density at radius 1 is 0.307 bits per heavy atom. The quantitative estimate of drug-likeness (QED) is 0.0222. The van der Waals surface area contributed by atoms with Gasteiger partial charge in [-0.3, -0.25) is 37.3 Å². The van der Waals surface area contributed by atoms with E-state index in [-0.39, 0.29) is 25.7 Å². The lowest BCUT2D eigenvalue weighted by atomic mass is 10.0. The van der Waals surface area contributed by atoms with E-state index in [4.69, 9.17) is 37.0 Å². The molecule has 17 nitrogen and oxygen atoms in total. The molecular formula is C69H134O17P2. The van der Waals surface area contributed by atoms with E-state index < -0.39 is 97.5 Å². The molecule has 0 rings (SSSR count). The Balaban J connectivity index is 5.23. The maximum atomic E-state index is 13.0. The number of hydrogen-bond acceptors (Lipinski definition) is 15. The van der Waals surface area contributed by atoms with Crippen molar-refractivity contribution >= 4 is 39.5 Å². The van der Waals surface area contributed by atoms with Crippen molar-refractivity contribution in [3.05, 3.63) is 0 Å². The van der Waals surface area contributed by atoms with Crippen molar-refractivity contribution in [3.8, 4) is 0 Å². The molecule has 0 spiro atoms. The van der Waals surface area contributed by atoms with Gasteiger partial charge in [0.05, 0.1) is 26.4 Å². The number of aliphatic hydroxyl groups excluding tert-OH is 1. The number of esters is 4. The number of aliphatic hydroxyl groups is 1. The average Bonchev–Trinajstić information content (AvgIpc) is 3.49. The number of ether oxygens (including phenoxy) is 4. The number of hydrogen-bond donors (Lipinski definition) is 3. The minimum Gasteiger partial charge on any atom is -0.462 e. The van der Waals surface area contributed by atoms with Gasteiger partial charge in [0.1, 0.15) is 19.3 Å². The van der Waals surface area contributed by atoms with E-state index in [0.29, 0.717) is 25.7 Å². The van der Waals surface area contributed by atoms with Gasteiger partial charge >= 0.3 is 39.5 Å². The molecule has 0 saturated carbocycles. The molecule has 0 aliphatic carbocycles. The molecule has 0 aromatic carbocycles. The summed E-state index contributed by atoms with van der Waals surface area (Å²) in [4.78, 5) is 72.4. The van der Waals surface area contributed by atoms with Gasteiger partial charge in [0.25, 0.3) is 0 Å². The monoisotopic (exact) mass is 1300 g/mol. The fraction of sp³-hybridized carbons (Fsp3) is 0.942. The normalized spacial score (nSPS) is 14.2. The SMILES string of the molecule is CCCCCCCCCCCCCCC(=O)OC[C@H](COP(=O)(O)OC[C@@H](O)COP(=O)(O)OC[C@@H](COC(=O)CCCCCCCCCCC)OC(=O)CCCCCCCCCCC(C)C)OC(=O)CCCCCCCCCCCCCCCC(C)C. The average molecular weight is 1300 g/mol. The number of carbonyl (C=O) groups is 4. The molecule has 0 saturated heterocycles. The molecule has 0 aliphatic heterocycles. The van der Waals surface area contributed by atoms with Crippen LogP contribution in [0.4, 0.5) is 0 Å². The first-order valence-electron chi connectivity index (χ1n) is 36.0. The summed E-state index contributed by atoms with van der Waals surface area (Å²) in [6, 6.07) is 0. The Labute approximate surface area is 537 Å². The van der Waals surface area contributed by atoms with Crippen LogP contribution in [0.1, 0.15) is 350 Å². The van der Waals surface area contributed by atoms with Gasteiger partial charge in [-0.25, -0.2) is 9.13 Å². The van der Waals surface area contributed by atoms with Crippen molar-refractivity contribution in [3.63, 3.8) is 0 Å². The fourth-order valence-corrected chi connectivity index (χ4v) is 12.0. The Morgan fingerprint density at radius 3 is 0.773 bits per heavy atom. The van der Waals surface area contributed by atoms with Crippen molar-refractivity contribution in [2.45, 2.75) is 368 Å². The van der Waals surface area contributed by atoms with E-state index in [1.807, 2.05) is 0 Å². The summed E-state index contributed by atoms with van der Waals surface area (Å²) < 4.78 is 68.2. The van der Waals surface area contributed by atoms with Gasteiger partial charge in [-0.2, -0.15) is 0 Å². The van der Waals surface area contributed by atoms with Gasteiger partial charge in [-0.1, -0.05) is 298 Å². The number of unbranched alkanes of at least 4 members (excludes halogenated alkanes) is 38. The molecular weight excluding hydrogens is 1160 g/mol. The van der Waals surface area contributed by atoms with Gasteiger partial charge in [0.2, 0.25) is 0 Å². The third-order valence-electron chi connectivity index (χ3n) is 16.0. The molecule has 2 unspecified atom stereocenters. The Kier molecular flexibility index (Phi) is 59.9. The molecule has 0 aromatic rings. The second-order valence-electron chi connectivity index (χ2n) is 25.9. The lowest BCUT2D eigenvalue weighted by Crippen LogP contribution is -2.30. The molecule has 19 heteroatoms. The lowest BCUT2D eigenvalue weighted by Gasteiger charge is -2.21. The highest BCUT2D eigenvalue weighted by Crippen LogP contribution is 2.45. The van der Waals surface area contributed by atoms with Crippen LogP contribution in [0.3, 0.4) is 0 Å². The maximum Gasteiger partial charge on any atom is 0.472 e. The summed E-state index contributed by atoms with van der Waals surface area (Å²) >= 11 is 0. The molecule has 0 radical (unpaired) electrons. The molecule has 0 aromatic heterocycles. The molecule has 0 fully saturated rings. The molecule has 3 N–H and O–H groups in total. The van der Waals surface area contributed by atoms with Crippen LogP contribution < -0.4 is 0 Å². The van der Waals surface area contributed by atoms with Gasteiger partial charge in [-0.05, 0) is 37.5 Å². The molecule has 5 atom stereocenters. The number of carbonyl (C=O) groups excluding carboxylic acids is 4. The highest BCUT2D eigenvalue weighted by molar-refractivity contribution is 7.47. The molecule has 0 heterocycles. The largest absolute Gasteiger partial charge is 0.472 e. The summed E-state index contributed by atoms with van der Waals surface area (Å²) in [5.74, 6) is -0.622. The molecule has 0 amide bonds. The van der Waals surface area contributed by atoms with Gasteiger partial charge < -0.3 is 33.8 Å². The van der Waals surface area contributed by atoms with Crippen LogP contribution >= 0.6 is 15.6 Å². The zero-order valence-corrected chi connectivity index (χ0v) is 58.8. The minimum absolute atomic E-state index is 0.104. The van der Waals surface area contributed by atoms with Crippen LogP contribution in [-0.2, 0) is 65.4 Å². The van der Waals surface area contributed by atoms with Gasteiger partial charge in [0, 0.05) is 25.7 Å². The predicted molar refractivity (Wildman–Crippen MR) is 354 cm³/mol. The first-order chi connectivity index (χ1) is 42.4. The molecule has 522 valence electrons. The highest BCUT2D eigenvalue weighted by atomic mass is 31.2. The summed E-state index contributed by atoms with van der Waals surface area (Å²) in [6.45, 7) is 9.50. The predicted octanol–water partition coefficient (Wildman–Crippen LogP) is 19.6. The van der Waals surface area contributed by atoms with Crippen molar-refractivity contribution in [2.24, 2.45) is 11.8 Å². The summed E-state index contributed by atoms with van der Waals surface area (Å²) in [5.41, 5.74) is 0. The van der Waals surface area contributed by atoms with Crippen LogP contribution in [0.5, 0.6) is 0 Å². The zero-order chi connectivity index (χ0) is 65.0. The second kappa shape index (κ2) is 61.3. The Morgan fingerprint density at radius 2 is 0.523 bits per heavy atom. The van der Waals surface area contributed by atoms with Gasteiger partial charge in [0.15, 0.2) is 12.2 Å². The summed E-state index contributed by atoms with van der Waals surface area (Å²) in [7, 11) is -9.90. The van der Waals surface area contributed by atoms with Crippen molar-refractivity contribution in [1.29, 1.82) is 0 Å². The lowest BCUT2D eigenvalue weighted by molar-refractivity contribution is -0.161. The molecule has 0 bridgehead atoms. The van der Waals surface area contributed by atoms with Gasteiger partial charge in [-0.15, -0.1) is 0 Å². The Bertz CT molecular complexity index is 1720. The van der Waals surface area contributed by atoms with Crippen LogP contribution in [-0.4, -0.2) is 96.7 Å². The van der Waals surface area contributed by atoms with Crippen molar-refractivity contribution in [1.82, 2.24) is 0 Å². The zero-order valence-electron chi connectivity index (χ0n) is 57.0. The Hall–Kier alpha value is -1.94. The third-order valence-corrected chi connectivity index (χ3v) is 17.9. The van der Waals surface area contributed by atoms with Crippen LogP contribution in [0.25, 0.3) is 0 Å². The number of phosphoric acid groups is 2. The van der Waals surface area contributed by atoms with E-state index >= 15 is 0 Å². The molecule has 88 heavy (non-hydrogen) atoms. The second-order valence-corrected chi connectivity index (χ2v) is 28.8. The van der Waals surface area contributed by atoms with E-state index in [1.54, 1.807) is 0 Å². The summed E-state index contributed by atoms with van der Waals surface area (Å²) in [6.07, 6.45) is 45.8. The smallest absolute Gasteiger partial charge is 0.462 e. The first kappa shape index (κ1) is 86.1. The fourth-order valence-electron chi connectivity index (χ4n) is 10.4. The highest BCUT2D eigenvalue weighted by Gasteiger charge is 2.30. The standard InChI is InChI=1S/C69H134O17P2/c1-7-9-11-13-15-17-18-23-27-34-40-46-52-67(72)80-58-64(85-68(73)53-47-41-35-28-24-21-19-20-22-26-31-37-43-49-61(3)4)59-83-87(75,76)81-55-63(70)56-82-88(77,78)84-60-65(57-79-66(71)51-45-39-33-25-16-14-12-10-8-2)86-69(74)54-48-42-36-30-29-32-38-44-50-62(5)6/h61-65,70H,7-60H2,1-6H3,(H,75,76)(H,77,78)/t63-,64-,65-/m1/s1. The maximum absolute atomic E-state index is 13.0. The third kappa shape index (κ3) is 62.8. The van der Waals surface area contributed by atoms with Crippen LogP contribution in [0, 0.1) is 11.8 Å². The van der Waals surface area contributed by atoms with Crippen LogP contribution in [0.15, 0.2) is 0 Å². The van der Waals surface area contributed by atoms with Crippen molar-refractivity contribution < 1.29 is 80.2 Å². The topological polar surface area (TPSA) is 237 Å². The van der Waals surface area contributed by atoms with E-state index in [9.17, 15) is 43.2 Å². The number of phosphoric ester groups is 2. The minimum atomic E-state index is -4.95. The van der Waals surface area contributed by atoms with Crippen LogP contribution in [0.2, 0.25) is 0 Å². The van der Waals surface area contributed by atoms with E-state index in [2.05, 4.69) is 41.5 Å². The first-order valence-corrected chi connectivity index (χ1v) is 39.0. The molecule has 0 aliphatic rings. The van der Waals surface area contributed by atoms with E-state index in [1.165, 1.54) is 167 Å². The summed E-state index contributed by atoms with van der Waals surface area (Å²) in [5, 5.41) is 10.6. The van der Waals surface area contributed by atoms with Crippen molar-refractivity contribution in [2.75, 3.05) is 39.6 Å². The van der Waals surface area contributed by atoms with E-state index in [0.717, 1.165) is 102 Å². The number of rotatable bonds is 68.